The van der Waals surface area contributed by atoms with Gasteiger partial charge in [-0.15, -0.1) is 0 Å². The molecule has 4 aromatic rings. The number of piperidine rings is 1. The van der Waals surface area contributed by atoms with Crippen molar-refractivity contribution in [3.63, 3.8) is 0 Å². The van der Waals surface area contributed by atoms with Crippen LogP contribution in [0.3, 0.4) is 0 Å². The number of nitrogens with one attached hydrogen (secondary N) is 3. The number of rotatable bonds is 24. The van der Waals surface area contributed by atoms with Gasteiger partial charge in [0.1, 0.15) is 11.4 Å². The van der Waals surface area contributed by atoms with Gasteiger partial charge in [-0.3, -0.25) is 28.9 Å². The zero-order valence-corrected chi connectivity index (χ0v) is 38.3. The number of nitrogens with zero attached hydrogens (tertiary/aromatic N) is 4. The van der Waals surface area contributed by atoms with Gasteiger partial charge in [0.15, 0.2) is 5.69 Å². The summed E-state index contributed by atoms with van der Waals surface area (Å²) < 4.78 is 0. The minimum Gasteiger partial charge on any atom is -0.481 e. The molecule has 3 aromatic carbocycles. The fourth-order valence-electron chi connectivity index (χ4n) is 7.90. The summed E-state index contributed by atoms with van der Waals surface area (Å²) in [6.45, 7) is 5.56. The van der Waals surface area contributed by atoms with Crippen LogP contribution in [0.4, 0.5) is 17.2 Å². The van der Waals surface area contributed by atoms with Gasteiger partial charge in [-0.1, -0.05) is 50.2 Å². The lowest BCUT2D eigenvalue weighted by atomic mass is 10.0. The Bertz CT molecular complexity index is 2230. The number of pyridine rings is 1. The van der Waals surface area contributed by atoms with Crippen LogP contribution in [0.1, 0.15) is 107 Å². The van der Waals surface area contributed by atoms with Gasteiger partial charge in [0, 0.05) is 69.0 Å². The Kier molecular flexibility index (Phi) is 19.2. The molecule has 16 heteroatoms. The monoisotopic (exact) mass is 907 g/mol. The molecule has 16 nitrogen and oxygen atoms in total. The standard InChI is InChI=1S/C50H65N7O9/c1-4-41(5-2)57(29-28-55(3)44(61)24-25-45(62)63)31-37-10-9-11-39(30-37)47(64)52-42-22-23-43(56-26-7-6-8-27-56)53-46(42)49(66)51-40-20-16-36(17-21-40)13-12-35-14-18-38(19-15-35)48(65)54-50(32-58,33-59)34-60/h9-11,14-23,30,41,58-60H,4-8,12-13,24-29,31-34H2,1-3H3,(H,51,66)(H,52,64)(H,54,65)(H,62,63). The van der Waals surface area contributed by atoms with Crippen LogP contribution in [0, 0.1) is 0 Å². The summed E-state index contributed by atoms with van der Waals surface area (Å²) in [5, 5.41) is 46.1. The maximum atomic E-state index is 14.0. The Hall–Kier alpha value is -6.20. The van der Waals surface area contributed by atoms with Crippen LogP contribution in [-0.4, -0.2) is 129 Å². The number of aliphatic carboxylic acids is 1. The number of benzene rings is 3. The Morgan fingerprint density at radius 2 is 1.35 bits per heavy atom. The van der Waals surface area contributed by atoms with Gasteiger partial charge in [-0.05, 0) is 110 Å². The predicted molar refractivity (Wildman–Crippen MR) is 254 cm³/mol. The number of aliphatic hydroxyl groups is 3. The van der Waals surface area contributed by atoms with Crippen molar-refractivity contribution < 1.29 is 44.4 Å². The second-order valence-electron chi connectivity index (χ2n) is 17.0. The molecule has 0 bridgehead atoms. The van der Waals surface area contributed by atoms with E-state index in [4.69, 9.17) is 10.1 Å². The highest BCUT2D eigenvalue weighted by Crippen LogP contribution is 2.25. The highest BCUT2D eigenvalue weighted by molar-refractivity contribution is 6.11. The zero-order valence-electron chi connectivity index (χ0n) is 38.3. The number of aromatic nitrogens is 1. The molecule has 4 amide bonds. The average molecular weight is 908 g/mol. The lowest BCUT2D eigenvalue weighted by Gasteiger charge is -2.32. The molecule has 0 aliphatic carbocycles. The number of carboxylic acids is 1. The average Bonchev–Trinajstić information content (AvgIpc) is 3.34. The van der Waals surface area contributed by atoms with E-state index in [2.05, 4.69) is 39.6 Å². The minimum absolute atomic E-state index is 0.0530. The van der Waals surface area contributed by atoms with E-state index in [0.29, 0.717) is 55.1 Å². The first kappa shape index (κ1) is 50.8. The van der Waals surface area contributed by atoms with Gasteiger partial charge >= 0.3 is 5.97 Å². The molecule has 7 N–H and O–H groups in total. The van der Waals surface area contributed by atoms with Crippen molar-refractivity contribution in [3.8, 4) is 0 Å². The topological polar surface area (TPSA) is 225 Å². The number of hydrogen-bond acceptors (Lipinski definition) is 11. The van der Waals surface area contributed by atoms with E-state index in [0.717, 1.165) is 61.9 Å². The summed E-state index contributed by atoms with van der Waals surface area (Å²) in [7, 11) is 1.68. The van der Waals surface area contributed by atoms with Crippen LogP contribution in [0.25, 0.3) is 0 Å². The second kappa shape index (κ2) is 24.9. The molecule has 0 spiro atoms. The highest BCUT2D eigenvalue weighted by Gasteiger charge is 2.30. The summed E-state index contributed by atoms with van der Waals surface area (Å²) >= 11 is 0. The number of amides is 4. The van der Waals surface area contributed by atoms with Gasteiger partial charge < -0.3 is 46.2 Å². The van der Waals surface area contributed by atoms with Crippen LogP contribution >= 0.6 is 0 Å². The zero-order chi connectivity index (χ0) is 47.6. The molecule has 0 atom stereocenters. The number of carbonyl (C=O) groups excluding carboxylic acids is 4. The first-order valence-electron chi connectivity index (χ1n) is 22.8. The number of anilines is 3. The van der Waals surface area contributed by atoms with Gasteiger partial charge in [0.2, 0.25) is 5.91 Å². The molecule has 1 aliphatic heterocycles. The summed E-state index contributed by atoms with van der Waals surface area (Å²) in [5.74, 6) is -1.96. The molecular weight excluding hydrogens is 843 g/mol. The van der Waals surface area contributed by atoms with Crippen molar-refractivity contribution in [1.29, 1.82) is 0 Å². The van der Waals surface area contributed by atoms with E-state index in [-0.39, 0.29) is 36.2 Å². The third kappa shape index (κ3) is 14.4. The number of likely N-dealkylation sites (N-methyl/N-ethyl adjacent to an activating group) is 1. The molecule has 66 heavy (non-hydrogen) atoms. The Labute approximate surface area is 387 Å². The summed E-state index contributed by atoms with van der Waals surface area (Å²) in [4.78, 5) is 75.0. The quantitative estimate of drug-likeness (QED) is 0.0487. The lowest BCUT2D eigenvalue weighted by Crippen LogP contribution is -2.57. The van der Waals surface area contributed by atoms with Crippen molar-refractivity contribution in [3.05, 3.63) is 118 Å². The van der Waals surface area contributed by atoms with Crippen LogP contribution < -0.4 is 20.9 Å². The molecule has 0 unspecified atom stereocenters. The second-order valence-corrected chi connectivity index (χ2v) is 17.0. The van der Waals surface area contributed by atoms with E-state index >= 15 is 0 Å². The molecule has 1 saturated heterocycles. The maximum absolute atomic E-state index is 14.0. The SMILES string of the molecule is CCC(CC)N(CCN(C)C(=O)CCC(=O)O)Cc1cccc(C(=O)Nc2ccc(N3CCCCC3)nc2C(=O)Nc2ccc(CCc3ccc(C(=O)NC(CO)(CO)CO)cc3)cc2)c1. The first-order chi connectivity index (χ1) is 31.8. The normalized spacial score (nSPS) is 12.8. The van der Waals surface area contributed by atoms with Crippen LogP contribution in [0.5, 0.6) is 0 Å². The Morgan fingerprint density at radius 1 is 0.712 bits per heavy atom. The number of aryl methyl sites for hydroxylation is 2. The summed E-state index contributed by atoms with van der Waals surface area (Å²) in [5.41, 5.74) is 3.03. The number of aliphatic hydroxyl groups excluding tert-OH is 3. The lowest BCUT2D eigenvalue weighted by molar-refractivity contribution is -0.140. The van der Waals surface area contributed by atoms with Crippen molar-refractivity contribution in [2.24, 2.45) is 0 Å². The number of hydrogen-bond donors (Lipinski definition) is 7. The maximum Gasteiger partial charge on any atom is 0.303 e. The van der Waals surface area contributed by atoms with Crippen LogP contribution in [0.2, 0.25) is 0 Å². The molecular formula is C50H65N7O9. The van der Waals surface area contributed by atoms with Crippen molar-refractivity contribution in [1.82, 2.24) is 20.1 Å². The molecule has 354 valence electrons. The van der Waals surface area contributed by atoms with Crippen LogP contribution in [-0.2, 0) is 29.0 Å². The molecule has 1 aliphatic rings. The Balaban J connectivity index is 1.25. The van der Waals surface area contributed by atoms with Crippen molar-refractivity contribution >= 4 is 46.8 Å². The highest BCUT2D eigenvalue weighted by atomic mass is 16.4. The molecule has 0 radical (unpaired) electrons. The van der Waals surface area contributed by atoms with Gasteiger partial charge in [-0.2, -0.15) is 0 Å². The molecule has 5 rings (SSSR count). The smallest absolute Gasteiger partial charge is 0.303 e. The molecule has 1 fully saturated rings. The minimum atomic E-state index is -1.52. The molecule has 2 heterocycles. The molecule has 0 saturated carbocycles. The van der Waals surface area contributed by atoms with Gasteiger partial charge in [-0.25, -0.2) is 4.98 Å². The largest absolute Gasteiger partial charge is 0.481 e. The Morgan fingerprint density at radius 3 is 1.95 bits per heavy atom. The van der Waals surface area contributed by atoms with Crippen LogP contribution in [0.15, 0.2) is 84.9 Å². The fourth-order valence-corrected chi connectivity index (χ4v) is 7.90. The van der Waals surface area contributed by atoms with Crippen molar-refractivity contribution in [2.45, 2.75) is 89.8 Å². The third-order valence-corrected chi connectivity index (χ3v) is 12.2. The van der Waals surface area contributed by atoms with E-state index < -0.39 is 49.1 Å². The van der Waals surface area contributed by atoms with E-state index in [9.17, 15) is 39.3 Å². The fraction of sp³-hybridized carbons (Fsp3) is 0.440. The number of carboxylic acid groups (broad SMARTS) is 1. The predicted octanol–water partition coefficient (Wildman–Crippen LogP) is 5.12. The van der Waals surface area contributed by atoms with Crippen molar-refractivity contribution in [2.75, 3.05) is 68.6 Å². The summed E-state index contributed by atoms with van der Waals surface area (Å²) in [6.07, 6.45) is 6.04. The first-order valence-corrected chi connectivity index (χ1v) is 22.8. The van der Waals surface area contributed by atoms with E-state index in [1.807, 2.05) is 60.7 Å². The van der Waals surface area contributed by atoms with E-state index in [1.54, 1.807) is 36.2 Å². The van der Waals surface area contributed by atoms with E-state index in [1.165, 1.54) is 0 Å². The summed E-state index contributed by atoms with van der Waals surface area (Å²) in [6, 6.07) is 25.5. The van der Waals surface area contributed by atoms with Gasteiger partial charge in [0.25, 0.3) is 17.7 Å². The number of carbonyl (C=O) groups is 5. The third-order valence-electron chi connectivity index (χ3n) is 12.2. The molecule has 1 aromatic heterocycles. The van der Waals surface area contributed by atoms with Gasteiger partial charge in [0.05, 0.1) is 31.9 Å².